The number of hydrogen-bond acceptors (Lipinski definition) is 4. The molecule has 2 aromatic rings. The molecule has 1 aromatic carbocycles. The van der Waals surface area contributed by atoms with Crippen LogP contribution in [0.15, 0.2) is 48.3 Å². The summed E-state index contributed by atoms with van der Waals surface area (Å²) in [6.07, 6.45) is 0.436. The minimum absolute atomic E-state index is 0.0178. The first-order chi connectivity index (χ1) is 14.2. The zero-order valence-electron chi connectivity index (χ0n) is 16.3. The number of primary amides is 1. The Balaban J connectivity index is 1.78. The van der Waals surface area contributed by atoms with Crippen LogP contribution in [0.3, 0.4) is 0 Å². The Hall–Kier alpha value is -2.94. The first-order valence-corrected chi connectivity index (χ1v) is 9.42. The average Bonchev–Trinajstić information content (AvgIpc) is 3.49. The second kappa shape index (κ2) is 8.83. The van der Waals surface area contributed by atoms with Gasteiger partial charge in [-0.05, 0) is 61.7 Å². The molecule has 1 aliphatic rings. The van der Waals surface area contributed by atoms with Gasteiger partial charge in [0.1, 0.15) is 5.82 Å². The number of pyridine rings is 1. The van der Waals surface area contributed by atoms with Gasteiger partial charge in [-0.25, -0.2) is 4.39 Å². The molecule has 5 nitrogen and oxygen atoms in total. The van der Waals surface area contributed by atoms with Gasteiger partial charge in [0, 0.05) is 41.8 Å². The van der Waals surface area contributed by atoms with Crippen LogP contribution in [0.1, 0.15) is 29.7 Å². The maximum atomic E-state index is 13.6. The van der Waals surface area contributed by atoms with E-state index in [9.17, 15) is 22.4 Å². The molecule has 1 atom stereocenters. The van der Waals surface area contributed by atoms with Crippen LogP contribution >= 0.6 is 0 Å². The number of halogens is 4. The van der Waals surface area contributed by atoms with E-state index in [1.165, 1.54) is 12.4 Å². The fourth-order valence-electron chi connectivity index (χ4n) is 3.34. The predicted octanol–water partition coefficient (Wildman–Crippen LogP) is 3.61. The van der Waals surface area contributed by atoms with E-state index in [1.807, 2.05) is 0 Å². The SMILES string of the molecule is CNC(/C(=C\Nc1ccnc(Cc2cc(F)cc(C(F)(F)F)c2)c1)C(N)=O)C1CC1. The zero-order valence-corrected chi connectivity index (χ0v) is 16.3. The summed E-state index contributed by atoms with van der Waals surface area (Å²) in [5.74, 6) is -1.14. The lowest BCUT2D eigenvalue weighted by atomic mass is 10.0. The van der Waals surface area contributed by atoms with Crippen LogP contribution in [0, 0.1) is 11.7 Å². The number of anilines is 1. The van der Waals surface area contributed by atoms with Gasteiger partial charge in [-0.3, -0.25) is 9.78 Å². The highest BCUT2D eigenvalue weighted by Crippen LogP contribution is 2.35. The molecule has 1 aliphatic carbocycles. The number of nitrogens with zero attached hydrogens (tertiary/aromatic N) is 1. The van der Waals surface area contributed by atoms with Crippen molar-refractivity contribution in [1.82, 2.24) is 10.3 Å². The maximum absolute atomic E-state index is 13.6. The van der Waals surface area contributed by atoms with Crippen molar-refractivity contribution in [2.24, 2.45) is 11.7 Å². The van der Waals surface area contributed by atoms with Crippen molar-refractivity contribution in [3.8, 4) is 0 Å². The van der Waals surface area contributed by atoms with Gasteiger partial charge in [0.25, 0.3) is 0 Å². The van der Waals surface area contributed by atoms with Crippen LogP contribution in [0.2, 0.25) is 0 Å². The molecule has 0 aliphatic heterocycles. The van der Waals surface area contributed by atoms with Gasteiger partial charge in [0.15, 0.2) is 0 Å². The fourth-order valence-corrected chi connectivity index (χ4v) is 3.34. The molecule has 160 valence electrons. The summed E-state index contributed by atoms with van der Waals surface area (Å²) in [6, 6.07) is 5.54. The van der Waals surface area contributed by atoms with E-state index in [2.05, 4.69) is 15.6 Å². The number of carbonyl (C=O) groups excluding carboxylic acids is 1. The number of aromatic nitrogens is 1. The van der Waals surface area contributed by atoms with E-state index in [0.717, 1.165) is 25.0 Å². The molecule has 0 spiro atoms. The van der Waals surface area contributed by atoms with Gasteiger partial charge in [0.05, 0.1) is 5.56 Å². The molecule has 1 saturated carbocycles. The Morgan fingerprint density at radius 1 is 1.30 bits per heavy atom. The highest BCUT2D eigenvalue weighted by molar-refractivity contribution is 5.93. The number of nitrogens with one attached hydrogen (secondary N) is 2. The monoisotopic (exact) mass is 422 g/mol. The number of hydrogen-bond donors (Lipinski definition) is 3. The van der Waals surface area contributed by atoms with Crippen molar-refractivity contribution in [3.63, 3.8) is 0 Å². The predicted molar refractivity (Wildman–Crippen MR) is 105 cm³/mol. The topological polar surface area (TPSA) is 80.0 Å². The average molecular weight is 422 g/mol. The highest BCUT2D eigenvalue weighted by Gasteiger charge is 2.34. The van der Waals surface area contributed by atoms with Crippen LogP contribution in [-0.2, 0) is 17.4 Å². The highest BCUT2D eigenvalue weighted by atomic mass is 19.4. The summed E-state index contributed by atoms with van der Waals surface area (Å²) in [4.78, 5) is 16.0. The minimum atomic E-state index is -4.63. The fraction of sp³-hybridized carbons (Fsp3) is 0.333. The van der Waals surface area contributed by atoms with Gasteiger partial charge in [0.2, 0.25) is 5.91 Å². The molecule has 3 rings (SSSR count). The molecule has 0 radical (unpaired) electrons. The van der Waals surface area contributed by atoms with Gasteiger partial charge >= 0.3 is 6.18 Å². The molecule has 30 heavy (non-hydrogen) atoms. The van der Waals surface area contributed by atoms with Crippen LogP contribution < -0.4 is 16.4 Å². The molecule has 0 saturated heterocycles. The normalized spacial score (nSPS) is 15.7. The molecule has 0 bridgehead atoms. The van der Waals surface area contributed by atoms with Crippen molar-refractivity contribution < 1.29 is 22.4 Å². The Bertz CT molecular complexity index is 954. The second-order valence-electron chi connectivity index (χ2n) is 7.27. The number of likely N-dealkylation sites (N-methyl/N-ethyl adjacent to an activating group) is 1. The molecule has 1 unspecified atom stereocenters. The van der Waals surface area contributed by atoms with Crippen molar-refractivity contribution in [2.45, 2.75) is 31.5 Å². The quantitative estimate of drug-likeness (QED) is 0.449. The Labute approximate surface area is 171 Å². The van der Waals surface area contributed by atoms with Crippen LogP contribution in [0.25, 0.3) is 0 Å². The second-order valence-corrected chi connectivity index (χ2v) is 7.27. The first-order valence-electron chi connectivity index (χ1n) is 9.42. The Kier molecular flexibility index (Phi) is 6.40. The van der Waals surface area contributed by atoms with Crippen molar-refractivity contribution in [1.29, 1.82) is 0 Å². The van der Waals surface area contributed by atoms with E-state index in [-0.39, 0.29) is 18.0 Å². The lowest BCUT2D eigenvalue weighted by Gasteiger charge is -2.17. The molecule has 4 N–H and O–H groups in total. The standard InChI is InChI=1S/C21H22F4N4O/c1-27-19(13-2-3-13)18(20(26)30)11-29-16-4-5-28-17(10-16)8-12-6-14(21(23,24)25)9-15(22)7-12/h4-7,9-11,13,19,27H,2-3,8H2,1H3,(H2,26,30)(H,28,29)/b18-11+. The Morgan fingerprint density at radius 3 is 2.63 bits per heavy atom. The summed E-state index contributed by atoms with van der Waals surface area (Å²) in [5.41, 5.74) is 6.07. The van der Waals surface area contributed by atoms with Crippen molar-refractivity contribution in [3.05, 3.63) is 70.9 Å². The van der Waals surface area contributed by atoms with E-state index >= 15 is 0 Å². The van der Waals surface area contributed by atoms with E-state index in [1.54, 1.807) is 19.2 Å². The smallest absolute Gasteiger partial charge is 0.366 e. The summed E-state index contributed by atoms with van der Waals surface area (Å²) in [7, 11) is 1.76. The summed E-state index contributed by atoms with van der Waals surface area (Å²) >= 11 is 0. The van der Waals surface area contributed by atoms with Crippen LogP contribution in [0.5, 0.6) is 0 Å². The molecule has 1 aromatic heterocycles. The lowest BCUT2D eigenvalue weighted by Crippen LogP contribution is -2.36. The van der Waals surface area contributed by atoms with Gasteiger partial charge in [-0.15, -0.1) is 0 Å². The Morgan fingerprint density at radius 2 is 2.03 bits per heavy atom. The third-order valence-electron chi connectivity index (χ3n) is 4.91. The van der Waals surface area contributed by atoms with Crippen molar-refractivity contribution in [2.75, 3.05) is 12.4 Å². The van der Waals surface area contributed by atoms with Gasteiger partial charge < -0.3 is 16.4 Å². The van der Waals surface area contributed by atoms with E-state index in [4.69, 9.17) is 5.73 Å². The summed E-state index contributed by atoms with van der Waals surface area (Å²) < 4.78 is 52.3. The molecular formula is C21H22F4N4O. The van der Waals surface area contributed by atoms with Crippen LogP contribution in [-0.4, -0.2) is 24.0 Å². The zero-order chi connectivity index (χ0) is 21.9. The maximum Gasteiger partial charge on any atom is 0.416 e. The van der Waals surface area contributed by atoms with Crippen LogP contribution in [0.4, 0.5) is 23.2 Å². The molecule has 9 heteroatoms. The number of benzene rings is 1. The lowest BCUT2D eigenvalue weighted by molar-refractivity contribution is -0.137. The molecule has 1 fully saturated rings. The number of alkyl halides is 3. The van der Waals surface area contributed by atoms with E-state index in [0.29, 0.717) is 28.9 Å². The van der Waals surface area contributed by atoms with Crippen molar-refractivity contribution >= 4 is 11.6 Å². The molecular weight excluding hydrogens is 400 g/mol. The number of rotatable bonds is 8. The largest absolute Gasteiger partial charge is 0.416 e. The van der Waals surface area contributed by atoms with E-state index < -0.39 is 23.5 Å². The third kappa shape index (κ3) is 5.56. The van der Waals surface area contributed by atoms with Gasteiger partial charge in [-0.2, -0.15) is 13.2 Å². The van der Waals surface area contributed by atoms with Gasteiger partial charge in [-0.1, -0.05) is 0 Å². The number of nitrogens with two attached hydrogens (primary N) is 1. The number of carbonyl (C=O) groups is 1. The molecule has 1 amide bonds. The summed E-state index contributed by atoms with van der Waals surface area (Å²) in [6.45, 7) is 0. The minimum Gasteiger partial charge on any atom is -0.366 e. The first kappa shape index (κ1) is 21.8. The number of amides is 1. The molecule has 1 heterocycles. The third-order valence-corrected chi connectivity index (χ3v) is 4.91. The summed E-state index contributed by atoms with van der Waals surface area (Å²) in [5, 5.41) is 6.10.